The number of ether oxygens (including phenoxy) is 2. The van der Waals surface area contributed by atoms with Gasteiger partial charge in [0.1, 0.15) is 23.8 Å². The molecule has 4 aromatic rings. The van der Waals surface area contributed by atoms with E-state index in [1.807, 2.05) is 13.8 Å². The third-order valence-electron chi connectivity index (χ3n) is 7.41. The summed E-state index contributed by atoms with van der Waals surface area (Å²) in [6, 6.07) is 6.23. The molecule has 6 rings (SSSR count). The second kappa shape index (κ2) is 13.1. The van der Waals surface area contributed by atoms with Crippen LogP contribution in [0.4, 0.5) is 0 Å². The van der Waals surface area contributed by atoms with E-state index >= 15 is 0 Å². The van der Waals surface area contributed by atoms with E-state index in [0.717, 1.165) is 0 Å². The van der Waals surface area contributed by atoms with Crippen molar-refractivity contribution in [3.63, 3.8) is 0 Å². The van der Waals surface area contributed by atoms with Crippen LogP contribution in [0.15, 0.2) is 36.7 Å². The van der Waals surface area contributed by atoms with Crippen LogP contribution in [-0.4, -0.2) is 85.5 Å². The molecule has 44 heavy (non-hydrogen) atoms. The first-order chi connectivity index (χ1) is 21.1. The number of methoxy groups -OCH3 is 1. The number of amides is 3. The predicted octanol–water partition coefficient (Wildman–Crippen LogP) is 2.05. The lowest BCUT2D eigenvalue weighted by Crippen LogP contribution is -2.44. The van der Waals surface area contributed by atoms with Gasteiger partial charge in [0.25, 0.3) is 11.8 Å². The third-order valence-corrected chi connectivity index (χ3v) is 7.41. The summed E-state index contributed by atoms with van der Waals surface area (Å²) in [5, 5.41) is 14.7. The number of aromatic nitrogens is 6. The van der Waals surface area contributed by atoms with Crippen molar-refractivity contribution in [2.75, 3.05) is 33.4 Å². The lowest BCUT2D eigenvalue weighted by molar-refractivity contribution is -0.123. The van der Waals surface area contributed by atoms with Crippen molar-refractivity contribution in [2.24, 2.45) is 13.0 Å². The standard InChI is InChI=1S/C30H37N9O5/c1-18(2)27-28-34-19(3)36-39(28)11-12-44-24-8-7-20(14-25(24)43-5)29(41)31-9-6-10-38(17-26(40)35-27)30(42)21-13-23-22(32-15-21)16-33-37(23)4/h7-8,13-16,18,27H,6,9-12,17H2,1-5H3,(H,31,41)(H,35,40)/t27-/m0/s1. The second-order valence-electron chi connectivity index (χ2n) is 11.0. The first-order valence-electron chi connectivity index (χ1n) is 14.5. The van der Waals surface area contributed by atoms with Gasteiger partial charge in [-0.25, -0.2) is 9.67 Å². The van der Waals surface area contributed by atoms with E-state index in [4.69, 9.17) is 9.47 Å². The maximum atomic E-state index is 13.8. The van der Waals surface area contributed by atoms with Gasteiger partial charge in [0.2, 0.25) is 5.91 Å². The molecule has 0 fully saturated rings. The number of rotatable bonds is 3. The number of hydrogen-bond donors (Lipinski definition) is 2. The summed E-state index contributed by atoms with van der Waals surface area (Å²) in [7, 11) is 3.29. The Morgan fingerprint density at radius 2 is 1.98 bits per heavy atom. The summed E-state index contributed by atoms with van der Waals surface area (Å²) in [5.74, 6) is 1.04. The molecule has 14 nitrogen and oxygen atoms in total. The number of carbonyl (C=O) groups excluding carboxylic acids is 3. The van der Waals surface area contributed by atoms with Gasteiger partial charge in [-0.2, -0.15) is 10.2 Å². The zero-order valence-corrected chi connectivity index (χ0v) is 25.5. The highest BCUT2D eigenvalue weighted by molar-refractivity contribution is 5.98. The summed E-state index contributed by atoms with van der Waals surface area (Å²) in [6.07, 6.45) is 3.52. The van der Waals surface area contributed by atoms with Crippen molar-refractivity contribution in [1.29, 1.82) is 0 Å². The van der Waals surface area contributed by atoms with Crippen molar-refractivity contribution in [3.8, 4) is 11.5 Å². The molecule has 1 aromatic carbocycles. The van der Waals surface area contributed by atoms with Crippen LogP contribution in [0.2, 0.25) is 0 Å². The number of nitrogens with one attached hydrogen (secondary N) is 2. The van der Waals surface area contributed by atoms with E-state index in [1.165, 1.54) is 18.2 Å². The van der Waals surface area contributed by atoms with Gasteiger partial charge in [-0.1, -0.05) is 13.8 Å². The summed E-state index contributed by atoms with van der Waals surface area (Å²) in [4.78, 5) is 50.6. The lowest BCUT2D eigenvalue weighted by atomic mass is 10.0. The number of hydrogen-bond acceptors (Lipinski definition) is 9. The molecule has 14 heteroatoms. The van der Waals surface area contributed by atoms with Gasteiger partial charge < -0.3 is 25.0 Å². The Hall–Kier alpha value is -5.01. The fourth-order valence-electron chi connectivity index (χ4n) is 5.11. The summed E-state index contributed by atoms with van der Waals surface area (Å²) in [5.41, 5.74) is 2.10. The van der Waals surface area contributed by atoms with Crippen molar-refractivity contribution in [1.82, 2.24) is 45.1 Å². The van der Waals surface area contributed by atoms with Gasteiger partial charge in [-0.05, 0) is 43.5 Å². The molecule has 2 bridgehead atoms. The number of nitrogens with zero attached hydrogens (tertiary/aromatic N) is 7. The molecule has 2 N–H and O–H groups in total. The zero-order valence-electron chi connectivity index (χ0n) is 25.5. The molecule has 0 aliphatic carbocycles. The molecule has 2 aliphatic rings. The quantitative estimate of drug-likeness (QED) is 0.357. The maximum absolute atomic E-state index is 13.8. The normalized spacial score (nSPS) is 16.9. The highest BCUT2D eigenvalue weighted by Gasteiger charge is 2.27. The molecule has 0 saturated heterocycles. The van der Waals surface area contributed by atoms with Crippen molar-refractivity contribution in [3.05, 3.63) is 59.4 Å². The minimum absolute atomic E-state index is 0.0280. The topological polar surface area (TPSA) is 158 Å². The Morgan fingerprint density at radius 1 is 1.16 bits per heavy atom. The Labute approximate surface area is 254 Å². The molecule has 232 valence electrons. The Morgan fingerprint density at radius 3 is 2.75 bits per heavy atom. The van der Waals surface area contributed by atoms with E-state index in [1.54, 1.807) is 53.8 Å². The van der Waals surface area contributed by atoms with E-state index < -0.39 is 6.04 Å². The van der Waals surface area contributed by atoms with Crippen LogP contribution in [0, 0.1) is 12.8 Å². The predicted molar refractivity (Wildman–Crippen MR) is 160 cm³/mol. The summed E-state index contributed by atoms with van der Waals surface area (Å²) in [6.45, 7) is 6.65. The average molecular weight is 604 g/mol. The first-order valence-corrected chi connectivity index (χ1v) is 14.5. The van der Waals surface area contributed by atoms with E-state index in [0.29, 0.717) is 58.3 Å². The molecule has 2 aliphatic heterocycles. The Balaban J connectivity index is 1.46. The van der Waals surface area contributed by atoms with Crippen molar-refractivity contribution in [2.45, 2.75) is 39.8 Å². The van der Waals surface area contributed by atoms with Gasteiger partial charge in [-0.3, -0.25) is 24.0 Å². The van der Waals surface area contributed by atoms with Crippen molar-refractivity contribution >= 4 is 28.8 Å². The smallest absolute Gasteiger partial charge is 0.255 e. The molecule has 0 radical (unpaired) electrons. The minimum Gasteiger partial charge on any atom is -0.493 e. The molecular formula is C30H37N9O5. The van der Waals surface area contributed by atoms with Gasteiger partial charge >= 0.3 is 0 Å². The molecule has 0 saturated carbocycles. The number of benzene rings is 1. The van der Waals surface area contributed by atoms with Gasteiger partial charge in [0, 0.05) is 31.9 Å². The number of pyridine rings is 1. The molecule has 0 spiro atoms. The fourth-order valence-corrected chi connectivity index (χ4v) is 5.11. The molecule has 5 heterocycles. The van der Waals surface area contributed by atoms with Crippen LogP contribution >= 0.6 is 0 Å². The van der Waals surface area contributed by atoms with Gasteiger partial charge in [-0.15, -0.1) is 0 Å². The van der Waals surface area contributed by atoms with E-state index in [-0.39, 0.29) is 49.9 Å². The minimum atomic E-state index is -0.469. The first kappa shape index (κ1) is 30.4. The van der Waals surface area contributed by atoms with Crippen molar-refractivity contribution < 1.29 is 23.9 Å². The SMILES string of the molecule is COc1cc2ccc1OCCn1nc(C)nc1[C@H](C(C)C)NC(=O)CN(C(=O)c1cnc3cnn(C)c3c1)CCCNC2=O. The second-order valence-corrected chi connectivity index (χ2v) is 11.0. The molecule has 3 amide bonds. The zero-order chi connectivity index (χ0) is 31.4. The highest BCUT2D eigenvalue weighted by atomic mass is 16.5. The van der Waals surface area contributed by atoms with E-state index in [9.17, 15) is 14.4 Å². The van der Waals surface area contributed by atoms with Crippen LogP contribution < -0.4 is 20.1 Å². The van der Waals surface area contributed by atoms with Crippen LogP contribution in [0.3, 0.4) is 0 Å². The van der Waals surface area contributed by atoms with Gasteiger partial charge in [0.05, 0.1) is 43.5 Å². The summed E-state index contributed by atoms with van der Waals surface area (Å²) >= 11 is 0. The third kappa shape index (κ3) is 6.63. The van der Waals surface area contributed by atoms with Crippen LogP contribution in [0.5, 0.6) is 11.5 Å². The van der Waals surface area contributed by atoms with E-state index in [2.05, 4.69) is 30.8 Å². The van der Waals surface area contributed by atoms with Crippen LogP contribution in [-0.2, 0) is 18.4 Å². The van der Waals surface area contributed by atoms with Gasteiger partial charge in [0.15, 0.2) is 11.5 Å². The Kier molecular flexibility index (Phi) is 9.07. The number of fused-ring (bicyclic) bond motifs is 14. The van der Waals surface area contributed by atoms with Crippen LogP contribution in [0.1, 0.15) is 58.7 Å². The molecule has 0 unspecified atom stereocenters. The monoisotopic (exact) mass is 603 g/mol. The number of aryl methyl sites for hydroxylation is 2. The Bertz CT molecular complexity index is 1680. The molecule has 3 aromatic heterocycles. The maximum Gasteiger partial charge on any atom is 0.255 e. The summed E-state index contributed by atoms with van der Waals surface area (Å²) < 4.78 is 14.8. The lowest BCUT2D eigenvalue weighted by Gasteiger charge is -2.26. The largest absolute Gasteiger partial charge is 0.493 e. The fraction of sp³-hybridized carbons (Fsp3) is 0.433. The molecule has 1 atom stereocenters. The highest BCUT2D eigenvalue weighted by Crippen LogP contribution is 2.28. The number of carbonyl (C=O) groups is 3. The average Bonchev–Trinajstić information content (AvgIpc) is 3.57. The molecular weight excluding hydrogens is 566 g/mol. The van der Waals surface area contributed by atoms with Crippen LogP contribution in [0.25, 0.3) is 11.0 Å².